The van der Waals surface area contributed by atoms with Gasteiger partial charge in [-0.2, -0.15) is 14.9 Å². The van der Waals surface area contributed by atoms with E-state index in [9.17, 15) is 0 Å². The highest BCUT2D eigenvalue weighted by molar-refractivity contribution is 7.71. The van der Waals surface area contributed by atoms with Gasteiger partial charge in [-0.25, -0.2) is 5.10 Å². The third kappa shape index (κ3) is 3.39. The summed E-state index contributed by atoms with van der Waals surface area (Å²) in [6.45, 7) is 1.97. The Balaban J connectivity index is 1.98. The van der Waals surface area contributed by atoms with Gasteiger partial charge in [0, 0.05) is 10.6 Å². The zero-order valence-electron chi connectivity index (χ0n) is 13.2. The fourth-order valence-electron chi connectivity index (χ4n) is 2.27. The van der Waals surface area contributed by atoms with Crippen molar-refractivity contribution in [3.63, 3.8) is 0 Å². The van der Waals surface area contributed by atoms with Gasteiger partial charge in [-0.3, -0.25) is 0 Å². The van der Waals surface area contributed by atoms with Gasteiger partial charge in [-0.1, -0.05) is 11.6 Å². The molecule has 0 aliphatic heterocycles. The highest BCUT2D eigenvalue weighted by Crippen LogP contribution is 2.24. The molecule has 5 nitrogen and oxygen atoms in total. The van der Waals surface area contributed by atoms with Gasteiger partial charge in [-0.05, 0) is 72.7 Å². The Hall–Kier alpha value is -2.44. The van der Waals surface area contributed by atoms with Crippen LogP contribution in [0.4, 0.5) is 0 Å². The first-order valence-corrected chi connectivity index (χ1v) is 7.99. The number of hydrogen-bond acceptors (Lipinski definition) is 4. The number of nitrogens with zero attached hydrogens (tertiary/aromatic N) is 3. The maximum absolute atomic E-state index is 6.02. The third-order valence-corrected chi connectivity index (χ3v) is 4.02. The molecule has 0 unspecified atom stereocenters. The lowest BCUT2D eigenvalue weighted by Gasteiger charge is -2.05. The molecule has 2 aromatic carbocycles. The Bertz CT molecular complexity index is 944. The van der Waals surface area contributed by atoms with E-state index in [1.165, 1.54) is 0 Å². The third-order valence-electron chi connectivity index (χ3n) is 3.52. The quantitative estimate of drug-likeness (QED) is 0.553. The second-order valence-corrected chi connectivity index (χ2v) is 5.96. The molecule has 0 atom stereocenters. The first-order valence-electron chi connectivity index (χ1n) is 7.21. The number of nitrogens with one attached hydrogen (secondary N) is 1. The summed E-state index contributed by atoms with van der Waals surface area (Å²) in [4.78, 5) is 0. The van der Waals surface area contributed by atoms with Crippen LogP contribution in [0.25, 0.3) is 11.4 Å². The summed E-state index contributed by atoms with van der Waals surface area (Å²) in [5.74, 6) is 1.43. The molecule has 3 rings (SSSR count). The van der Waals surface area contributed by atoms with Crippen LogP contribution in [-0.4, -0.2) is 28.2 Å². The van der Waals surface area contributed by atoms with Gasteiger partial charge in [0.25, 0.3) is 0 Å². The molecule has 0 aliphatic rings. The number of benzene rings is 2. The first-order chi connectivity index (χ1) is 11.6. The Kier molecular flexibility index (Phi) is 4.78. The van der Waals surface area contributed by atoms with Crippen molar-refractivity contribution < 1.29 is 4.74 Å². The Morgan fingerprint density at radius 3 is 2.67 bits per heavy atom. The Labute approximate surface area is 149 Å². The number of aromatic amines is 1. The summed E-state index contributed by atoms with van der Waals surface area (Å²) in [7, 11) is 1.63. The first kappa shape index (κ1) is 16.4. The molecule has 0 radical (unpaired) electrons. The largest absolute Gasteiger partial charge is 0.497 e. The van der Waals surface area contributed by atoms with Gasteiger partial charge in [-0.15, -0.1) is 0 Å². The van der Waals surface area contributed by atoms with Crippen LogP contribution in [-0.2, 0) is 0 Å². The number of hydrogen-bond donors (Lipinski definition) is 1. The fourth-order valence-corrected chi connectivity index (χ4v) is 2.67. The average molecular weight is 359 g/mol. The Morgan fingerprint density at radius 1 is 1.25 bits per heavy atom. The molecule has 1 aromatic heterocycles. The standard InChI is InChI=1S/C17H15ClN4OS/c1-11-9-13(18)5-8-15(11)16-20-21-17(24)22(16)19-10-12-3-6-14(23-2)7-4-12/h3-10H,1-2H3,(H,21,24)/b19-10+. The molecule has 0 saturated carbocycles. The van der Waals surface area contributed by atoms with Crippen molar-refractivity contribution in [3.8, 4) is 17.1 Å². The van der Waals surface area contributed by atoms with E-state index >= 15 is 0 Å². The van der Waals surface area contributed by atoms with Crippen LogP contribution in [0.3, 0.4) is 0 Å². The SMILES string of the molecule is COc1ccc(/C=N/n2c(-c3ccc(Cl)cc3C)n[nH]c2=S)cc1. The van der Waals surface area contributed by atoms with Crippen molar-refractivity contribution in [2.75, 3.05) is 7.11 Å². The van der Waals surface area contributed by atoms with Crippen molar-refractivity contribution >= 4 is 30.0 Å². The van der Waals surface area contributed by atoms with Crippen LogP contribution in [0.1, 0.15) is 11.1 Å². The summed E-state index contributed by atoms with van der Waals surface area (Å²) in [6.07, 6.45) is 1.72. The fraction of sp³-hybridized carbons (Fsp3) is 0.118. The molecule has 122 valence electrons. The average Bonchev–Trinajstić information content (AvgIpc) is 2.94. The molecule has 0 spiro atoms. The van der Waals surface area contributed by atoms with Gasteiger partial charge in [0.1, 0.15) is 5.75 Å². The van der Waals surface area contributed by atoms with Crippen LogP contribution < -0.4 is 4.74 Å². The highest BCUT2D eigenvalue weighted by atomic mass is 35.5. The van der Waals surface area contributed by atoms with Gasteiger partial charge in [0.2, 0.25) is 4.77 Å². The van der Waals surface area contributed by atoms with Crippen molar-refractivity contribution in [1.82, 2.24) is 14.9 Å². The van der Waals surface area contributed by atoms with Crippen molar-refractivity contribution in [1.29, 1.82) is 0 Å². The molecule has 24 heavy (non-hydrogen) atoms. The number of H-pyrrole nitrogens is 1. The zero-order chi connectivity index (χ0) is 17.1. The lowest BCUT2D eigenvalue weighted by molar-refractivity contribution is 0.415. The topological polar surface area (TPSA) is 55.2 Å². The predicted molar refractivity (Wildman–Crippen MR) is 98.6 cm³/mol. The minimum Gasteiger partial charge on any atom is -0.497 e. The van der Waals surface area contributed by atoms with E-state index in [0.717, 1.165) is 22.4 Å². The molecular weight excluding hydrogens is 344 g/mol. The molecule has 1 heterocycles. The molecule has 0 saturated heterocycles. The van der Waals surface area contributed by atoms with Gasteiger partial charge >= 0.3 is 0 Å². The van der Waals surface area contributed by atoms with Crippen molar-refractivity contribution in [2.24, 2.45) is 5.10 Å². The van der Waals surface area contributed by atoms with Crippen molar-refractivity contribution in [3.05, 3.63) is 63.4 Å². The summed E-state index contributed by atoms with van der Waals surface area (Å²) < 4.78 is 7.16. The Morgan fingerprint density at radius 2 is 2.00 bits per heavy atom. The number of halogens is 1. The zero-order valence-corrected chi connectivity index (χ0v) is 14.7. The number of rotatable bonds is 4. The molecule has 0 fully saturated rings. The van der Waals surface area contributed by atoms with Crippen molar-refractivity contribution in [2.45, 2.75) is 6.92 Å². The number of aromatic nitrogens is 3. The summed E-state index contributed by atoms with van der Waals surface area (Å²) in [5.41, 5.74) is 2.84. The lowest BCUT2D eigenvalue weighted by Crippen LogP contribution is -1.96. The molecule has 7 heteroatoms. The molecule has 0 bridgehead atoms. The molecule has 1 N–H and O–H groups in total. The normalized spacial score (nSPS) is 11.1. The lowest BCUT2D eigenvalue weighted by atomic mass is 10.1. The van der Waals surface area contributed by atoms with E-state index in [0.29, 0.717) is 15.6 Å². The summed E-state index contributed by atoms with van der Waals surface area (Å²) in [6, 6.07) is 13.2. The van der Waals surface area contributed by atoms with E-state index in [1.54, 1.807) is 18.0 Å². The maximum Gasteiger partial charge on any atom is 0.216 e. The number of aryl methyl sites for hydroxylation is 1. The van der Waals surface area contributed by atoms with E-state index in [4.69, 9.17) is 28.6 Å². The molecular formula is C17H15ClN4OS. The van der Waals surface area contributed by atoms with Crippen LogP contribution >= 0.6 is 23.8 Å². The second-order valence-electron chi connectivity index (χ2n) is 5.14. The van der Waals surface area contributed by atoms with E-state index in [-0.39, 0.29) is 0 Å². The monoisotopic (exact) mass is 358 g/mol. The van der Waals surface area contributed by atoms with E-state index < -0.39 is 0 Å². The summed E-state index contributed by atoms with van der Waals surface area (Å²) in [5, 5.41) is 12.2. The van der Waals surface area contributed by atoms with E-state index in [2.05, 4.69) is 15.3 Å². The smallest absolute Gasteiger partial charge is 0.216 e. The van der Waals surface area contributed by atoms with Gasteiger partial charge in [0.15, 0.2) is 5.82 Å². The van der Waals surface area contributed by atoms with Crippen LogP contribution in [0.15, 0.2) is 47.6 Å². The van der Waals surface area contributed by atoms with Crippen LogP contribution in [0, 0.1) is 11.7 Å². The van der Waals surface area contributed by atoms with E-state index in [1.807, 2.05) is 49.4 Å². The van der Waals surface area contributed by atoms with Gasteiger partial charge < -0.3 is 4.74 Å². The maximum atomic E-state index is 6.02. The van der Waals surface area contributed by atoms with Gasteiger partial charge in [0.05, 0.1) is 13.3 Å². The molecule has 0 aliphatic carbocycles. The van der Waals surface area contributed by atoms with Crippen LogP contribution in [0.2, 0.25) is 5.02 Å². The summed E-state index contributed by atoms with van der Waals surface area (Å²) >= 11 is 11.3. The predicted octanol–water partition coefficient (Wildman–Crippen LogP) is 4.46. The second kappa shape index (κ2) is 6.98. The van der Waals surface area contributed by atoms with Crippen LogP contribution in [0.5, 0.6) is 5.75 Å². The number of ether oxygens (including phenoxy) is 1. The molecule has 3 aromatic rings. The number of methoxy groups -OCH3 is 1. The molecule has 0 amide bonds. The minimum atomic E-state index is 0.420. The highest BCUT2D eigenvalue weighted by Gasteiger charge is 2.11. The minimum absolute atomic E-state index is 0.420.